The molecule has 2 aromatic heterocycles. The van der Waals surface area contributed by atoms with E-state index in [9.17, 15) is 18.0 Å². The Kier molecular flexibility index (Phi) is 5.97. The molecule has 1 aliphatic rings. The van der Waals surface area contributed by atoms with E-state index in [1.54, 1.807) is 6.07 Å². The lowest BCUT2D eigenvalue weighted by Crippen LogP contribution is -2.65. The Morgan fingerprint density at radius 1 is 1.08 bits per heavy atom. The highest BCUT2D eigenvalue weighted by molar-refractivity contribution is 6.32. The number of pyridine rings is 1. The molecule has 8 nitrogen and oxygen atoms in total. The van der Waals surface area contributed by atoms with E-state index in [-0.39, 0.29) is 39.9 Å². The van der Waals surface area contributed by atoms with Gasteiger partial charge in [-0.05, 0) is 31.2 Å². The van der Waals surface area contributed by atoms with Crippen molar-refractivity contribution in [3.63, 3.8) is 0 Å². The number of hydrogen-bond donors (Lipinski definition) is 1. The molecule has 36 heavy (non-hydrogen) atoms. The van der Waals surface area contributed by atoms with Gasteiger partial charge in [0.25, 0.3) is 0 Å². The topological polar surface area (TPSA) is 91.2 Å². The molecule has 1 fully saturated rings. The van der Waals surface area contributed by atoms with Crippen LogP contribution in [0.1, 0.15) is 12.5 Å². The number of ether oxygens (including phenoxy) is 1. The molecule has 0 aliphatic carbocycles. The Balaban J connectivity index is 1.37. The minimum Gasteiger partial charge on any atom is -0.453 e. The lowest BCUT2D eigenvalue weighted by atomic mass is 9.94. The Hall–Kier alpha value is -3.83. The maximum absolute atomic E-state index is 14.9. The van der Waals surface area contributed by atoms with Gasteiger partial charge in [-0.1, -0.05) is 17.7 Å². The zero-order valence-corrected chi connectivity index (χ0v) is 19.7. The highest BCUT2D eigenvalue weighted by Gasteiger charge is 2.35. The maximum Gasteiger partial charge on any atom is 0.350 e. The van der Waals surface area contributed by atoms with Gasteiger partial charge in [0.1, 0.15) is 28.8 Å². The Morgan fingerprint density at radius 2 is 1.81 bits per heavy atom. The van der Waals surface area contributed by atoms with Gasteiger partial charge in [-0.3, -0.25) is 4.57 Å². The van der Waals surface area contributed by atoms with Gasteiger partial charge in [0.05, 0.1) is 18.4 Å². The molecule has 0 radical (unpaired) electrons. The van der Waals surface area contributed by atoms with Gasteiger partial charge in [0, 0.05) is 36.3 Å². The van der Waals surface area contributed by atoms with Crippen LogP contribution < -0.4 is 21.1 Å². The molecule has 2 N–H and O–H groups in total. The zero-order chi connectivity index (χ0) is 25.6. The van der Waals surface area contributed by atoms with Crippen molar-refractivity contribution in [1.82, 2.24) is 19.3 Å². The third-order valence-electron chi connectivity index (χ3n) is 5.74. The Morgan fingerprint density at radius 3 is 2.47 bits per heavy atom. The monoisotopic (exact) mass is 516 g/mol. The third-order valence-corrected chi connectivity index (χ3v) is 6.02. The van der Waals surface area contributed by atoms with E-state index in [0.717, 1.165) is 33.8 Å². The summed E-state index contributed by atoms with van der Waals surface area (Å²) in [6.07, 6.45) is 2.53. The van der Waals surface area contributed by atoms with Gasteiger partial charge in [-0.2, -0.15) is 9.78 Å². The average molecular weight is 517 g/mol. The molecule has 0 saturated carbocycles. The molecule has 2 aromatic carbocycles. The maximum atomic E-state index is 14.9. The molecule has 0 amide bonds. The van der Waals surface area contributed by atoms with Crippen LogP contribution in [0.2, 0.25) is 5.02 Å². The van der Waals surface area contributed by atoms with E-state index in [1.807, 2.05) is 11.8 Å². The Bertz CT molecular complexity index is 1490. The molecule has 0 unspecified atom stereocenters. The summed E-state index contributed by atoms with van der Waals surface area (Å²) < 4.78 is 50.5. The molecule has 4 aromatic rings. The smallest absolute Gasteiger partial charge is 0.350 e. The fourth-order valence-corrected chi connectivity index (χ4v) is 4.09. The summed E-state index contributed by atoms with van der Waals surface area (Å²) in [5.74, 6) is -1.68. The largest absolute Gasteiger partial charge is 0.453 e. The quantitative estimate of drug-likeness (QED) is 0.418. The highest BCUT2D eigenvalue weighted by atomic mass is 35.5. The van der Waals surface area contributed by atoms with Crippen molar-refractivity contribution in [1.29, 1.82) is 0 Å². The van der Waals surface area contributed by atoms with E-state index >= 15 is 0 Å². The third kappa shape index (κ3) is 4.54. The van der Waals surface area contributed by atoms with Crippen LogP contribution in [0.4, 0.5) is 19.0 Å². The summed E-state index contributed by atoms with van der Waals surface area (Å²) in [6, 6.07) is 8.82. The van der Waals surface area contributed by atoms with Gasteiger partial charge >= 0.3 is 5.69 Å². The minimum atomic E-state index is -0.786. The molecule has 12 heteroatoms. The summed E-state index contributed by atoms with van der Waals surface area (Å²) in [5.41, 5.74) is 4.86. The molecule has 1 saturated heterocycles. The number of aromatic nitrogens is 4. The predicted molar refractivity (Wildman–Crippen MR) is 127 cm³/mol. The lowest BCUT2D eigenvalue weighted by molar-refractivity contribution is 0.362. The highest BCUT2D eigenvalue weighted by Crippen LogP contribution is 2.35. The molecule has 0 spiro atoms. The summed E-state index contributed by atoms with van der Waals surface area (Å²) in [4.78, 5) is 18.9. The summed E-state index contributed by atoms with van der Waals surface area (Å²) >= 11 is 6.20. The van der Waals surface area contributed by atoms with Crippen LogP contribution in [0.3, 0.4) is 0 Å². The number of nitrogens with two attached hydrogens (primary N) is 1. The summed E-state index contributed by atoms with van der Waals surface area (Å²) in [6.45, 7) is 2.77. The van der Waals surface area contributed by atoms with Crippen LogP contribution in [-0.4, -0.2) is 38.0 Å². The van der Waals surface area contributed by atoms with Gasteiger partial charge in [0.2, 0.25) is 0 Å². The van der Waals surface area contributed by atoms with Crippen molar-refractivity contribution in [2.24, 2.45) is 5.73 Å². The van der Waals surface area contributed by atoms with Crippen LogP contribution in [0.5, 0.6) is 11.5 Å². The standard InChI is InChI=1S/C24H20ClF3N6O2/c1-24(29)11-33(12-24)22-8-21(16(25)9-30-22)36-20-6-5-14(7-19(20)28)34-23(35)32(13-31-34)10-15-17(26)3-2-4-18(15)27/h2-9,13H,10-12,29H2,1H3. The normalized spacial score (nSPS) is 14.6. The van der Waals surface area contributed by atoms with Crippen molar-refractivity contribution in [3.8, 4) is 17.2 Å². The minimum absolute atomic E-state index is 0.0990. The molecular weight excluding hydrogens is 497 g/mol. The van der Waals surface area contributed by atoms with E-state index in [4.69, 9.17) is 22.1 Å². The molecule has 0 bridgehead atoms. The van der Waals surface area contributed by atoms with Crippen LogP contribution in [0, 0.1) is 17.5 Å². The molecule has 186 valence electrons. The molecule has 3 heterocycles. The number of hydrogen-bond acceptors (Lipinski definition) is 6. The van der Waals surface area contributed by atoms with Crippen molar-refractivity contribution in [3.05, 3.63) is 93.5 Å². The van der Waals surface area contributed by atoms with E-state index in [2.05, 4.69) is 10.1 Å². The number of benzene rings is 2. The zero-order valence-electron chi connectivity index (χ0n) is 19.0. The first-order valence-corrected chi connectivity index (χ1v) is 11.2. The average Bonchev–Trinajstić information content (AvgIpc) is 3.17. The number of rotatable bonds is 6. The summed E-state index contributed by atoms with van der Waals surface area (Å²) in [7, 11) is 0. The first-order chi connectivity index (χ1) is 17.1. The second kappa shape index (κ2) is 8.99. The van der Waals surface area contributed by atoms with Gasteiger partial charge in [0.15, 0.2) is 17.3 Å². The summed E-state index contributed by atoms with van der Waals surface area (Å²) in [5, 5.41) is 4.13. The van der Waals surface area contributed by atoms with Gasteiger partial charge < -0.3 is 15.4 Å². The fraction of sp³-hybridized carbons (Fsp3) is 0.208. The van der Waals surface area contributed by atoms with Gasteiger partial charge in [-0.15, -0.1) is 0 Å². The molecule has 0 atom stereocenters. The van der Waals surface area contributed by atoms with Crippen molar-refractivity contribution >= 4 is 17.4 Å². The van der Waals surface area contributed by atoms with Crippen molar-refractivity contribution < 1.29 is 17.9 Å². The van der Waals surface area contributed by atoms with Crippen molar-refractivity contribution in [2.45, 2.75) is 19.0 Å². The lowest BCUT2D eigenvalue weighted by Gasteiger charge is -2.46. The first-order valence-electron chi connectivity index (χ1n) is 10.9. The second-order valence-electron chi connectivity index (χ2n) is 8.85. The second-order valence-corrected chi connectivity index (χ2v) is 9.26. The van der Waals surface area contributed by atoms with Crippen molar-refractivity contribution in [2.75, 3.05) is 18.0 Å². The molecule has 5 rings (SSSR count). The number of halogens is 4. The van der Waals surface area contributed by atoms with E-state index in [1.165, 1.54) is 24.4 Å². The predicted octanol–water partition coefficient (Wildman–Crippen LogP) is 3.88. The molecule has 1 aliphatic heterocycles. The SMILES string of the molecule is CC1(N)CN(c2cc(Oc3ccc(-n4ncn(Cc5c(F)cccc5F)c4=O)cc3F)c(Cl)cn2)C1. The van der Waals surface area contributed by atoms with Crippen LogP contribution >= 0.6 is 11.6 Å². The van der Waals surface area contributed by atoms with E-state index < -0.39 is 23.1 Å². The van der Waals surface area contributed by atoms with Gasteiger partial charge in [-0.25, -0.2) is 22.9 Å². The number of nitrogens with zero attached hydrogens (tertiary/aromatic N) is 5. The van der Waals surface area contributed by atoms with Crippen LogP contribution in [-0.2, 0) is 6.54 Å². The first kappa shape index (κ1) is 23.9. The van der Waals surface area contributed by atoms with Crippen LogP contribution in [0.15, 0.2) is 59.8 Å². The molecular formula is C24H20ClF3N6O2. The number of anilines is 1. The van der Waals surface area contributed by atoms with Crippen LogP contribution in [0.25, 0.3) is 5.69 Å². The van der Waals surface area contributed by atoms with E-state index in [0.29, 0.717) is 18.9 Å². The fourth-order valence-electron chi connectivity index (χ4n) is 3.95. The Labute approximate surface area is 208 Å².